The monoisotopic (exact) mass is 299 g/mol. The quantitative estimate of drug-likeness (QED) is 0.296. The molecule has 0 atom stereocenters. The van der Waals surface area contributed by atoms with Crippen LogP contribution in [0.15, 0.2) is 23.5 Å². The van der Waals surface area contributed by atoms with Gasteiger partial charge in [-0.05, 0) is 24.4 Å². The first-order chi connectivity index (χ1) is 9.01. The Labute approximate surface area is 119 Å². The molecule has 1 amide bonds. The normalized spacial score (nSPS) is 9.47. The fourth-order valence-electron chi connectivity index (χ4n) is 1.17. The number of carbonyl (C=O) groups is 1. The van der Waals surface area contributed by atoms with Crippen LogP contribution in [0.3, 0.4) is 0 Å². The van der Waals surface area contributed by atoms with Crippen molar-refractivity contribution in [2.75, 3.05) is 6.54 Å². The van der Waals surface area contributed by atoms with Crippen molar-refractivity contribution in [2.45, 2.75) is 6.42 Å². The number of nitrogens with one attached hydrogen (secondary N) is 5. The first kappa shape index (κ1) is 15.1. The zero-order valence-electron chi connectivity index (χ0n) is 9.91. The Bertz CT molecular complexity index is 564. The molecule has 0 spiro atoms. The second kappa shape index (κ2) is 7.44. The smallest absolute Gasteiger partial charge is 0.251 e. The molecular weight excluding hydrogens is 286 g/mol. The standard InChI is InChI=1S/C10H13N5O2S2/c1-2-3-11-9(18)15-14-8(17)5-6-4-7(16)13-10(19)12-6/h2,4H,1,3,5H2,(H,14,17)(H2,11,15,18)(H2,12,13,16,19). The molecule has 0 unspecified atom stereocenters. The number of hydrogen-bond donors (Lipinski definition) is 5. The minimum Gasteiger partial charge on any atom is -0.358 e. The van der Waals surface area contributed by atoms with E-state index in [1.165, 1.54) is 6.07 Å². The summed E-state index contributed by atoms with van der Waals surface area (Å²) in [6.45, 7) is 4.01. The highest BCUT2D eigenvalue weighted by atomic mass is 32.1. The van der Waals surface area contributed by atoms with Crippen LogP contribution >= 0.6 is 24.4 Å². The lowest BCUT2D eigenvalue weighted by molar-refractivity contribution is -0.121. The third-order valence-electron chi connectivity index (χ3n) is 1.89. The Hall–Kier alpha value is -2.00. The van der Waals surface area contributed by atoms with E-state index in [1.54, 1.807) is 6.08 Å². The van der Waals surface area contributed by atoms with Crippen molar-refractivity contribution < 1.29 is 4.79 Å². The maximum absolute atomic E-state index is 11.6. The molecule has 9 heteroatoms. The molecule has 102 valence electrons. The van der Waals surface area contributed by atoms with Crippen molar-refractivity contribution in [1.29, 1.82) is 0 Å². The number of hydrogen-bond acceptors (Lipinski definition) is 4. The van der Waals surface area contributed by atoms with E-state index in [-0.39, 0.29) is 27.8 Å². The summed E-state index contributed by atoms with van der Waals surface area (Å²) in [6, 6.07) is 1.27. The van der Waals surface area contributed by atoms with Gasteiger partial charge in [-0.1, -0.05) is 6.08 Å². The summed E-state index contributed by atoms with van der Waals surface area (Å²) in [5.41, 5.74) is 4.96. The van der Waals surface area contributed by atoms with Gasteiger partial charge in [-0.25, -0.2) is 0 Å². The van der Waals surface area contributed by atoms with E-state index in [0.29, 0.717) is 12.2 Å². The SMILES string of the molecule is C=CCNC(=S)NNC(=O)Cc1cc(=O)[nH]c(=S)[nH]1. The van der Waals surface area contributed by atoms with Crippen LogP contribution in [0, 0.1) is 4.77 Å². The zero-order chi connectivity index (χ0) is 14.3. The van der Waals surface area contributed by atoms with Crippen LogP contribution in [0.1, 0.15) is 5.69 Å². The highest BCUT2D eigenvalue weighted by Crippen LogP contribution is 1.90. The lowest BCUT2D eigenvalue weighted by Crippen LogP contribution is -2.47. The van der Waals surface area contributed by atoms with Gasteiger partial charge in [-0.2, -0.15) is 0 Å². The third-order valence-corrected chi connectivity index (χ3v) is 2.34. The molecule has 5 N–H and O–H groups in total. The van der Waals surface area contributed by atoms with Gasteiger partial charge in [0.15, 0.2) is 9.88 Å². The summed E-state index contributed by atoms with van der Waals surface area (Å²) in [5.74, 6) is -0.362. The average Bonchev–Trinajstić information content (AvgIpc) is 2.32. The molecule has 0 bridgehead atoms. The number of carbonyl (C=O) groups excluding carboxylic acids is 1. The molecule has 0 aliphatic heterocycles. The molecule has 0 saturated heterocycles. The molecule has 0 saturated carbocycles. The molecule has 1 aromatic rings. The molecular formula is C10H13N5O2S2. The van der Waals surface area contributed by atoms with Crippen molar-refractivity contribution in [1.82, 2.24) is 26.1 Å². The molecule has 0 radical (unpaired) electrons. The molecule has 1 aromatic heterocycles. The fourth-order valence-corrected chi connectivity index (χ4v) is 1.53. The van der Waals surface area contributed by atoms with Crippen molar-refractivity contribution in [3.05, 3.63) is 39.5 Å². The van der Waals surface area contributed by atoms with Gasteiger partial charge in [0, 0.05) is 18.3 Å². The van der Waals surface area contributed by atoms with Crippen LogP contribution in [0.25, 0.3) is 0 Å². The molecule has 0 aliphatic rings. The van der Waals surface area contributed by atoms with Gasteiger partial charge in [0.2, 0.25) is 5.91 Å². The first-order valence-corrected chi connectivity index (χ1v) is 6.09. The van der Waals surface area contributed by atoms with Crippen molar-refractivity contribution >= 4 is 35.5 Å². The van der Waals surface area contributed by atoms with Gasteiger partial charge in [0.1, 0.15) is 0 Å². The summed E-state index contributed by atoms with van der Waals surface area (Å²) in [4.78, 5) is 27.8. The van der Waals surface area contributed by atoms with E-state index in [4.69, 9.17) is 24.4 Å². The van der Waals surface area contributed by atoms with E-state index < -0.39 is 0 Å². The van der Waals surface area contributed by atoms with Crippen LogP contribution in [-0.4, -0.2) is 27.5 Å². The summed E-state index contributed by atoms with van der Waals surface area (Å²) < 4.78 is 0.173. The van der Waals surface area contributed by atoms with Crippen molar-refractivity contribution in [3.8, 4) is 0 Å². The van der Waals surface area contributed by atoms with Gasteiger partial charge >= 0.3 is 0 Å². The Morgan fingerprint density at radius 3 is 2.79 bits per heavy atom. The van der Waals surface area contributed by atoms with Gasteiger partial charge < -0.3 is 10.3 Å². The lowest BCUT2D eigenvalue weighted by Gasteiger charge is -2.10. The predicted molar refractivity (Wildman–Crippen MR) is 78.0 cm³/mol. The molecule has 0 aliphatic carbocycles. The van der Waals surface area contributed by atoms with Crippen LogP contribution in [0.5, 0.6) is 0 Å². The van der Waals surface area contributed by atoms with E-state index in [9.17, 15) is 9.59 Å². The second-order valence-electron chi connectivity index (χ2n) is 3.46. The summed E-state index contributed by atoms with van der Waals surface area (Å²) in [6.07, 6.45) is 1.61. The van der Waals surface area contributed by atoms with E-state index in [2.05, 4.69) is 32.7 Å². The third kappa shape index (κ3) is 5.93. The maximum Gasteiger partial charge on any atom is 0.251 e. The number of rotatable bonds is 4. The summed E-state index contributed by atoms with van der Waals surface area (Å²) in [5, 5.41) is 3.05. The number of aromatic nitrogens is 2. The van der Waals surface area contributed by atoms with Gasteiger partial charge in [-0.3, -0.25) is 25.4 Å². The Balaban J connectivity index is 2.47. The predicted octanol–water partition coefficient (Wildman–Crippen LogP) is -0.344. The van der Waals surface area contributed by atoms with Crippen LogP contribution in [0.4, 0.5) is 0 Å². The maximum atomic E-state index is 11.6. The fraction of sp³-hybridized carbons (Fsp3) is 0.200. The van der Waals surface area contributed by atoms with E-state index >= 15 is 0 Å². The molecule has 0 fully saturated rings. The van der Waals surface area contributed by atoms with Gasteiger partial charge in [-0.15, -0.1) is 6.58 Å². The number of thiocarbonyl (C=S) groups is 1. The topological polar surface area (TPSA) is 102 Å². The van der Waals surface area contributed by atoms with E-state index in [0.717, 1.165) is 0 Å². The number of hydrazine groups is 1. The Kier molecular flexibility index (Phi) is 5.90. The lowest BCUT2D eigenvalue weighted by atomic mass is 10.3. The number of aromatic amines is 2. The van der Waals surface area contributed by atoms with Crippen LogP contribution in [-0.2, 0) is 11.2 Å². The summed E-state index contributed by atoms with van der Waals surface area (Å²) in [7, 11) is 0. The average molecular weight is 299 g/mol. The number of amides is 1. The second-order valence-corrected chi connectivity index (χ2v) is 4.28. The highest BCUT2D eigenvalue weighted by molar-refractivity contribution is 7.80. The minimum absolute atomic E-state index is 0.0232. The largest absolute Gasteiger partial charge is 0.358 e. The van der Waals surface area contributed by atoms with Gasteiger partial charge in [0.25, 0.3) is 5.56 Å². The van der Waals surface area contributed by atoms with Crippen LogP contribution in [0.2, 0.25) is 0 Å². The van der Waals surface area contributed by atoms with Crippen molar-refractivity contribution in [3.63, 3.8) is 0 Å². The summed E-state index contributed by atoms with van der Waals surface area (Å²) >= 11 is 9.68. The molecule has 1 heterocycles. The van der Waals surface area contributed by atoms with Crippen molar-refractivity contribution in [2.24, 2.45) is 0 Å². The van der Waals surface area contributed by atoms with Gasteiger partial charge in [0.05, 0.1) is 6.42 Å². The Morgan fingerprint density at radius 2 is 2.16 bits per heavy atom. The molecule has 1 rings (SSSR count). The molecule has 0 aromatic carbocycles. The Morgan fingerprint density at radius 1 is 1.42 bits per heavy atom. The molecule has 19 heavy (non-hydrogen) atoms. The first-order valence-electron chi connectivity index (χ1n) is 5.27. The van der Waals surface area contributed by atoms with Crippen LogP contribution < -0.4 is 21.7 Å². The number of H-pyrrole nitrogens is 2. The highest BCUT2D eigenvalue weighted by Gasteiger charge is 2.04. The minimum atomic E-state index is -0.362. The zero-order valence-corrected chi connectivity index (χ0v) is 11.5. The molecule has 7 nitrogen and oxygen atoms in total. The van der Waals surface area contributed by atoms with E-state index in [1.807, 2.05) is 0 Å².